The van der Waals surface area contributed by atoms with E-state index in [0.717, 1.165) is 51.0 Å². The average molecular weight is 354 g/mol. The fourth-order valence-corrected chi connectivity index (χ4v) is 4.77. The molecule has 0 aliphatic carbocycles. The van der Waals surface area contributed by atoms with Crippen molar-refractivity contribution in [3.05, 3.63) is 0 Å². The molecule has 3 heterocycles. The summed E-state index contributed by atoms with van der Waals surface area (Å²) in [6, 6.07) is 0.517. The molecule has 0 bridgehead atoms. The van der Waals surface area contributed by atoms with E-state index in [0.29, 0.717) is 12.6 Å². The lowest BCUT2D eigenvalue weighted by Gasteiger charge is -2.47. The van der Waals surface area contributed by atoms with Crippen LogP contribution in [0.15, 0.2) is 0 Å². The standard InChI is InChI=1S/C20H36FN3O/c1-14(2)16-5-8-22(9-6-16)19-7-10-23(13-18(19)21)20(25)17-11-24(12-17)15(3)4/h14-19H,5-13H2,1-4H3/t18-,19?/m0/s1. The lowest BCUT2D eigenvalue weighted by molar-refractivity contribution is -0.145. The molecule has 3 aliphatic heterocycles. The largest absolute Gasteiger partial charge is 0.339 e. The Morgan fingerprint density at radius 2 is 1.60 bits per heavy atom. The van der Waals surface area contributed by atoms with Crippen LogP contribution in [0, 0.1) is 17.8 Å². The summed E-state index contributed by atoms with van der Waals surface area (Å²) >= 11 is 0. The first-order valence-electron chi connectivity index (χ1n) is 10.3. The Morgan fingerprint density at radius 1 is 0.960 bits per heavy atom. The maximum Gasteiger partial charge on any atom is 0.228 e. The first-order chi connectivity index (χ1) is 11.9. The fraction of sp³-hybridized carbons (Fsp3) is 0.950. The second kappa shape index (κ2) is 7.91. The monoisotopic (exact) mass is 353 g/mol. The van der Waals surface area contributed by atoms with Crippen LogP contribution in [0.25, 0.3) is 0 Å². The number of amides is 1. The van der Waals surface area contributed by atoms with Crippen molar-refractivity contribution in [3.8, 4) is 0 Å². The molecule has 5 heteroatoms. The number of nitrogens with zero attached hydrogens (tertiary/aromatic N) is 3. The van der Waals surface area contributed by atoms with E-state index in [1.807, 2.05) is 0 Å². The quantitative estimate of drug-likeness (QED) is 0.777. The highest BCUT2D eigenvalue weighted by molar-refractivity contribution is 5.80. The normalized spacial score (nSPS) is 30.9. The van der Waals surface area contributed by atoms with Crippen molar-refractivity contribution < 1.29 is 9.18 Å². The molecule has 0 saturated carbocycles. The van der Waals surface area contributed by atoms with Gasteiger partial charge in [-0.2, -0.15) is 0 Å². The molecule has 0 aromatic heterocycles. The zero-order valence-corrected chi connectivity index (χ0v) is 16.5. The van der Waals surface area contributed by atoms with Gasteiger partial charge in [0.25, 0.3) is 0 Å². The molecule has 0 radical (unpaired) electrons. The summed E-state index contributed by atoms with van der Waals surface area (Å²) in [7, 11) is 0. The number of carbonyl (C=O) groups excluding carboxylic acids is 1. The number of alkyl halides is 1. The summed E-state index contributed by atoms with van der Waals surface area (Å²) < 4.78 is 14.8. The highest BCUT2D eigenvalue weighted by Gasteiger charge is 2.41. The van der Waals surface area contributed by atoms with E-state index in [1.165, 1.54) is 12.8 Å². The SMILES string of the molecule is CC(C)C1CCN(C2CCN(C(=O)C3CN(C(C)C)C3)C[C@@H]2F)CC1. The molecule has 3 rings (SSSR count). The zero-order valence-electron chi connectivity index (χ0n) is 16.5. The first-order valence-corrected chi connectivity index (χ1v) is 10.3. The third kappa shape index (κ3) is 4.19. The summed E-state index contributed by atoms with van der Waals surface area (Å²) in [6.45, 7) is 13.7. The Bertz CT molecular complexity index is 456. The molecular formula is C20H36FN3O. The third-order valence-electron chi connectivity index (χ3n) is 6.79. The third-order valence-corrected chi connectivity index (χ3v) is 6.79. The van der Waals surface area contributed by atoms with Crippen LogP contribution in [0.1, 0.15) is 47.0 Å². The van der Waals surface area contributed by atoms with Gasteiger partial charge in [0.1, 0.15) is 6.17 Å². The Morgan fingerprint density at radius 3 is 2.12 bits per heavy atom. The van der Waals surface area contributed by atoms with Crippen molar-refractivity contribution in [2.24, 2.45) is 17.8 Å². The summed E-state index contributed by atoms with van der Waals surface area (Å²) in [5.41, 5.74) is 0. The number of hydrogen-bond donors (Lipinski definition) is 0. The smallest absolute Gasteiger partial charge is 0.228 e. The molecule has 3 saturated heterocycles. The molecule has 144 valence electrons. The molecule has 3 fully saturated rings. The van der Waals surface area contributed by atoms with E-state index in [4.69, 9.17) is 0 Å². The Balaban J connectivity index is 1.46. The Hall–Kier alpha value is -0.680. The molecule has 0 aromatic rings. The molecule has 0 aromatic carbocycles. The molecule has 0 N–H and O–H groups in total. The minimum atomic E-state index is -0.894. The van der Waals surface area contributed by atoms with Crippen LogP contribution >= 0.6 is 0 Å². The molecular weight excluding hydrogens is 317 g/mol. The number of carbonyl (C=O) groups is 1. The van der Waals surface area contributed by atoms with Crippen LogP contribution in [0.5, 0.6) is 0 Å². The highest BCUT2D eigenvalue weighted by Crippen LogP contribution is 2.30. The molecule has 25 heavy (non-hydrogen) atoms. The van der Waals surface area contributed by atoms with Crippen molar-refractivity contribution in [1.29, 1.82) is 0 Å². The van der Waals surface area contributed by atoms with Gasteiger partial charge in [-0.25, -0.2) is 4.39 Å². The van der Waals surface area contributed by atoms with Crippen molar-refractivity contribution in [3.63, 3.8) is 0 Å². The van der Waals surface area contributed by atoms with Crippen molar-refractivity contribution in [2.75, 3.05) is 39.3 Å². The van der Waals surface area contributed by atoms with Gasteiger partial charge in [0, 0.05) is 31.7 Å². The van der Waals surface area contributed by atoms with E-state index in [-0.39, 0.29) is 17.9 Å². The average Bonchev–Trinajstić information content (AvgIpc) is 2.53. The van der Waals surface area contributed by atoms with Crippen molar-refractivity contribution in [1.82, 2.24) is 14.7 Å². The lowest BCUT2D eigenvalue weighted by atomic mass is 9.85. The zero-order chi connectivity index (χ0) is 18.1. The molecule has 1 amide bonds. The highest BCUT2D eigenvalue weighted by atomic mass is 19.1. The predicted molar refractivity (Wildman–Crippen MR) is 99.2 cm³/mol. The molecule has 0 spiro atoms. The van der Waals surface area contributed by atoms with E-state index < -0.39 is 6.17 Å². The fourth-order valence-electron chi connectivity index (χ4n) is 4.77. The van der Waals surface area contributed by atoms with Gasteiger partial charge in [-0.15, -0.1) is 0 Å². The van der Waals surface area contributed by atoms with Crippen LogP contribution in [0.3, 0.4) is 0 Å². The Kier molecular flexibility index (Phi) is 6.04. The first kappa shape index (κ1) is 19.1. The van der Waals surface area contributed by atoms with Gasteiger partial charge >= 0.3 is 0 Å². The van der Waals surface area contributed by atoms with Gasteiger partial charge in [-0.05, 0) is 58.0 Å². The minimum Gasteiger partial charge on any atom is -0.339 e. The second-order valence-electron chi connectivity index (χ2n) is 9.02. The van der Waals surface area contributed by atoms with Gasteiger partial charge in [-0.1, -0.05) is 13.8 Å². The second-order valence-corrected chi connectivity index (χ2v) is 9.02. The van der Waals surface area contributed by atoms with Crippen molar-refractivity contribution >= 4 is 5.91 Å². The van der Waals surface area contributed by atoms with Crippen LogP contribution in [0.2, 0.25) is 0 Å². The lowest BCUT2D eigenvalue weighted by Crippen LogP contribution is -2.60. The van der Waals surface area contributed by atoms with E-state index in [1.54, 1.807) is 4.90 Å². The number of halogens is 1. The van der Waals surface area contributed by atoms with E-state index >= 15 is 0 Å². The summed E-state index contributed by atoms with van der Waals surface area (Å²) in [6.07, 6.45) is 2.28. The molecule has 4 nitrogen and oxygen atoms in total. The maximum absolute atomic E-state index is 14.8. The van der Waals surface area contributed by atoms with Gasteiger partial charge in [0.15, 0.2) is 0 Å². The molecule has 3 aliphatic rings. The summed E-state index contributed by atoms with van der Waals surface area (Å²) in [5, 5.41) is 0. The van der Waals surface area contributed by atoms with Crippen LogP contribution in [0.4, 0.5) is 4.39 Å². The van der Waals surface area contributed by atoms with E-state index in [2.05, 4.69) is 37.5 Å². The van der Waals surface area contributed by atoms with Gasteiger partial charge in [0.05, 0.1) is 12.5 Å². The summed E-state index contributed by atoms with van der Waals surface area (Å²) in [5.74, 6) is 1.79. The Labute approximate surface area is 152 Å². The van der Waals surface area contributed by atoms with E-state index in [9.17, 15) is 9.18 Å². The molecule has 1 unspecified atom stereocenters. The van der Waals surface area contributed by atoms with Gasteiger partial charge in [0.2, 0.25) is 5.91 Å². The minimum absolute atomic E-state index is 0.0192. The topological polar surface area (TPSA) is 26.8 Å². The van der Waals surface area contributed by atoms with Crippen LogP contribution < -0.4 is 0 Å². The number of likely N-dealkylation sites (tertiary alicyclic amines) is 3. The van der Waals surface area contributed by atoms with Crippen LogP contribution in [-0.2, 0) is 4.79 Å². The predicted octanol–water partition coefficient (Wildman–Crippen LogP) is 2.63. The number of hydrogen-bond acceptors (Lipinski definition) is 3. The van der Waals surface area contributed by atoms with Crippen molar-refractivity contribution in [2.45, 2.75) is 65.2 Å². The number of rotatable bonds is 4. The summed E-state index contributed by atoms with van der Waals surface area (Å²) in [4.78, 5) is 19.1. The number of piperidine rings is 2. The molecule has 2 atom stereocenters. The maximum atomic E-state index is 14.8. The van der Waals surface area contributed by atoms with Crippen LogP contribution in [-0.4, -0.2) is 78.1 Å². The van der Waals surface area contributed by atoms with Gasteiger partial charge in [-0.3, -0.25) is 14.6 Å². The van der Waals surface area contributed by atoms with Gasteiger partial charge < -0.3 is 4.90 Å².